The average molecular weight is 621 g/mol. The molecule has 6 N–H and O–H groups in total. The highest BCUT2D eigenvalue weighted by Crippen LogP contribution is 2.76. The standard InChI is InChI=1S/C36H60O8/c1-19(2)10-9-11-20(3)21-12-15-35(7)27(21)22(38)16-25-34(6)14-13-26(39)33(4,5)31(34)23(17-36(25,35)8)43-32-30(42)29(41)28(40)24(18-37)44-32/h10-11,21-32,37-42H,9,12-18H2,1-8H3/b20-11-/t21-,22-,23+,24-,25-,26+,27+,28-,29+,30-,31+,32-,34-,35-,36-/m1/s1. The van der Waals surface area contributed by atoms with Gasteiger partial charge in [-0.2, -0.15) is 0 Å². The van der Waals surface area contributed by atoms with E-state index in [1.807, 2.05) is 0 Å². The molecule has 0 unspecified atom stereocenters. The van der Waals surface area contributed by atoms with E-state index in [1.54, 1.807) is 0 Å². The number of allylic oxidation sites excluding steroid dienone is 4. The molecule has 0 aromatic rings. The molecule has 15 atom stereocenters. The van der Waals surface area contributed by atoms with Crippen molar-refractivity contribution in [3.63, 3.8) is 0 Å². The summed E-state index contributed by atoms with van der Waals surface area (Å²) in [6.07, 6.45) is 2.23. The van der Waals surface area contributed by atoms with E-state index < -0.39 is 61.0 Å². The Labute approximate surface area is 264 Å². The van der Waals surface area contributed by atoms with E-state index in [0.29, 0.717) is 25.2 Å². The Morgan fingerprint density at radius 2 is 1.55 bits per heavy atom. The quantitative estimate of drug-likeness (QED) is 0.193. The topological polar surface area (TPSA) is 140 Å². The molecule has 0 radical (unpaired) electrons. The smallest absolute Gasteiger partial charge is 0.186 e. The zero-order valence-electron chi connectivity index (χ0n) is 28.2. The van der Waals surface area contributed by atoms with E-state index in [2.05, 4.69) is 67.5 Å². The molecule has 1 heterocycles. The zero-order chi connectivity index (χ0) is 32.6. The van der Waals surface area contributed by atoms with Crippen molar-refractivity contribution < 1.29 is 40.1 Å². The van der Waals surface area contributed by atoms with E-state index in [4.69, 9.17) is 9.47 Å². The van der Waals surface area contributed by atoms with Crippen LogP contribution in [0.25, 0.3) is 0 Å². The number of hydrogen-bond acceptors (Lipinski definition) is 8. The lowest BCUT2D eigenvalue weighted by atomic mass is 9.34. The molecular formula is C36H60O8. The molecule has 4 saturated carbocycles. The summed E-state index contributed by atoms with van der Waals surface area (Å²) < 4.78 is 12.6. The molecule has 8 nitrogen and oxygen atoms in total. The minimum atomic E-state index is -1.52. The lowest BCUT2D eigenvalue weighted by molar-refractivity contribution is -0.346. The third kappa shape index (κ3) is 5.18. The van der Waals surface area contributed by atoms with E-state index in [0.717, 1.165) is 25.7 Å². The van der Waals surface area contributed by atoms with Crippen molar-refractivity contribution in [3.05, 3.63) is 23.3 Å². The Morgan fingerprint density at radius 1 is 0.864 bits per heavy atom. The molecule has 0 bridgehead atoms. The van der Waals surface area contributed by atoms with Crippen LogP contribution in [0.3, 0.4) is 0 Å². The second-order valence-electron chi connectivity index (χ2n) is 16.8. The lowest BCUT2D eigenvalue weighted by Crippen LogP contribution is -2.70. The highest BCUT2D eigenvalue weighted by atomic mass is 16.7. The van der Waals surface area contributed by atoms with E-state index >= 15 is 0 Å². The minimum absolute atomic E-state index is 0.112. The van der Waals surface area contributed by atoms with Gasteiger partial charge in [-0.25, -0.2) is 0 Å². The molecule has 1 aliphatic heterocycles. The largest absolute Gasteiger partial charge is 0.394 e. The molecule has 0 aromatic carbocycles. The highest BCUT2D eigenvalue weighted by molar-refractivity contribution is 5.24. The molecule has 44 heavy (non-hydrogen) atoms. The fourth-order valence-corrected chi connectivity index (χ4v) is 11.5. The first-order valence-electron chi connectivity index (χ1n) is 17.1. The van der Waals surface area contributed by atoms with Crippen LogP contribution in [0, 0.1) is 45.3 Å². The van der Waals surface area contributed by atoms with Crippen LogP contribution in [0.15, 0.2) is 23.3 Å². The van der Waals surface area contributed by atoms with Gasteiger partial charge in [-0.3, -0.25) is 0 Å². The van der Waals surface area contributed by atoms with Gasteiger partial charge in [-0.05, 0) is 111 Å². The Hall–Kier alpha value is -0.840. The van der Waals surface area contributed by atoms with Gasteiger partial charge in [-0.1, -0.05) is 57.9 Å². The predicted octanol–water partition coefficient (Wildman–Crippen LogP) is 4.10. The van der Waals surface area contributed by atoms with Gasteiger partial charge >= 0.3 is 0 Å². The first kappa shape index (κ1) is 34.5. The Bertz CT molecular complexity index is 1110. The fourth-order valence-electron chi connectivity index (χ4n) is 11.5. The Morgan fingerprint density at radius 3 is 2.18 bits per heavy atom. The van der Waals surface area contributed by atoms with Crippen molar-refractivity contribution >= 4 is 0 Å². The molecule has 1 saturated heterocycles. The monoisotopic (exact) mass is 620 g/mol. The van der Waals surface area contributed by atoms with Crippen LogP contribution >= 0.6 is 0 Å². The molecule has 8 heteroatoms. The van der Waals surface area contributed by atoms with Gasteiger partial charge in [0.2, 0.25) is 0 Å². The van der Waals surface area contributed by atoms with Crippen LogP contribution in [-0.2, 0) is 9.47 Å². The van der Waals surface area contributed by atoms with Crippen LogP contribution in [0.5, 0.6) is 0 Å². The van der Waals surface area contributed by atoms with E-state index in [-0.39, 0.29) is 34.0 Å². The average Bonchev–Trinajstić information content (AvgIpc) is 3.32. The predicted molar refractivity (Wildman–Crippen MR) is 168 cm³/mol. The molecule has 0 aromatic heterocycles. The van der Waals surface area contributed by atoms with Crippen molar-refractivity contribution in [2.24, 2.45) is 45.3 Å². The molecular weight excluding hydrogens is 560 g/mol. The van der Waals surface area contributed by atoms with Gasteiger partial charge in [0.15, 0.2) is 6.29 Å². The zero-order valence-corrected chi connectivity index (χ0v) is 28.2. The second kappa shape index (κ2) is 12.0. The van der Waals surface area contributed by atoms with Crippen LogP contribution in [0.2, 0.25) is 0 Å². The van der Waals surface area contributed by atoms with Gasteiger partial charge in [0.1, 0.15) is 24.4 Å². The number of fused-ring (bicyclic) bond motifs is 5. The van der Waals surface area contributed by atoms with Gasteiger partial charge in [0, 0.05) is 0 Å². The molecule has 5 aliphatic rings. The summed E-state index contributed by atoms with van der Waals surface area (Å²) >= 11 is 0. The first-order valence-corrected chi connectivity index (χ1v) is 17.1. The summed E-state index contributed by atoms with van der Waals surface area (Å²) in [5.41, 5.74) is 1.49. The highest BCUT2D eigenvalue weighted by Gasteiger charge is 2.72. The fraction of sp³-hybridized carbons (Fsp3) is 0.889. The third-order valence-electron chi connectivity index (χ3n) is 13.9. The van der Waals surface area contributed by atoms with Crippen molar-refractivity contribution in [1.29, 1.82) is 0 Å². The summed E-state index contributed by atoms with van der Waals surface area (Å²) in [6, 6.07) is 0. The Balaban J connectivity index is 1.55. The van der Waals surface area contributed by atoms with E-state index in [9.17, 15) is 30.6 Å². The van der Waals surface area contributed by atoms with Gasteiger partial charge in [0.05, 0.1) is 24.9 Å². The number of hydrogen-bond donors (Lipinski definition) is 6. The number of rotatable bonds is 6. The summed E-state index contributed by atoms with van der Waals surface area (Å²) in [4.78, 5) is 0. The maximum atomic E-state index is 12.0. The number of aliphatic hydroxyl groups excluding tert-OH is 6. The summed E-state index contributed by atoms with van der Waals surface area (Å²) in [5.74, 6) is 0.506. The van der Waals surface area contributed by atoms with Gasteiger partial charge in [-0.15, -0.1) is 0 Å². The second-order valence-corrected chi connectivity index (χ2v) is 16.8. The summed E-state index contributed by atoms with van der Waals surface area (Å²) in [5, 5.41) is 65.2. The van der Waals surface area contributed by atoms with Crippen molar-refractivity contribution in [3.8, 4) is 0 Å². The van der Waals surface area contributed by atoms with Gasteiger partial charge < -0.3 is 40.1 Å². The lowest BCUT2D eigenvalue weighted by Gasteiger charge is -2.72. The van der Waals surface area contributed by atoms with Crippen molar-refractivity contribution in [2.75, 3.05) is 6.61 Å². The molecule has 5 rings (SSSR count). The van der Waals surface area contributed by atoms with Crippen LogP contribution in [0.4, 0.5) is 0 Å². The maximum absolute atomic E-state index is 12.0. The first-order chi connectivity index (χ1) is 20.4. The minimum Gasteiger partial charge on any atom is -0.394 e. The SMILES string of the molecule is CC(C)=CC/C=C(/C)[C@H]1CC[C@]2(C)[C@@H]1[C@H](O)C[C@@H]1[C@@]3(C)CC[C@H](O)C(C)(C)[C@@H]3[C@@H](O[C@@H]3O[C@H](CO)[C@@H](O)[C@H](O)[C@H]3O)C[C@]12C. The van der Waals surface area contributed by atoms with E-state index in [1.165, 1.54) is 11.1 Å². The van der Waals surface area contributed by atoms with Crippen molar-refractivity contribution in [1.82, 2.24) is 0 Å². The van der Waals surface area contributed by atoms with Crippen LogP contribution in [-0.4, -0.2) is 86.3 Å². The van der Waals surface area contributed by atoms with Crippen LogP contribution in [0.1, 0.15) is 100 Å². The Kier molecular flexibility index (Phi) is 9.40. The molecule has 0 spiro atoms. The summed E-state index contributed by atoms with van der Waals surface area (Å²) in [6.45, 7) is 17.2. The molecule has 0 amide bonds. The maximum Gasteiger partial charge on any atom is 0.186 e. The number of aliphatic hydroxyl groups is 6. The normalized spacial score (nSPS) is 52.1. The van der Waals surface area contributed by atoms with Crippen LogP contribution < -0.4 is 0 Å². The molecule has 5 fully saturated rings. The number of ether oxygens (including phenoxy) is 2. The summed E-state index contributed by atoms with van der Waals surface area (Å²) in [7, 11) is 0. The molecule has 4 aliphatic carbocycles. The molecule has 252 valence electrons. The third-order valence-corrected chi connectivity index (χ3v) is 13.9. The van der Waals surface area contributed by atoms with Crippen molar-refractivity contribution in [2.45, 2.75) is 149 Å². The van der Waals surface area contributed by atoms with Gasteiger partial charge in [0.25, 0.3) is 0 Å².